The second-order valence-electron chi connectivity index (χ2n) is 3.29. The van der Waals surface area contributed by atoms with Gasteiger partial charge in [0.1, 0.15) is 0 Å². The van der Waals surface area contributed by atoms with Crippen LogP contribution in [0.1, 0.15) is 26.6 Å². The Kier molecular flexibility index (Phi) is 1.54. The van der Waals surface area contributed by atoms with Crippen molar-refractivity contribution < 1.29 is 0 Å². The van der Waals surface area contributed by atoms with E-state index >= 15 is 0 Å². The molecule has 0 fully saturated rings. The van der Waals surface area contributed by atoms with Gasteiger partial charge in [-0.15, -0.1) is 0 Å². The SMILES string of the molecule is [B]c1nc(C(C)(C)C)n[nH]1. The molecule has 1 rings (SSSR count). The molecule has 4 heteroatoms. The van der Waals surface area contributed by atoms with E-state index in [0.29, 0.717) is 5.72 Å². The predicted molar refractivity (Wildman–Crippen MR) is 40.5 cm³/mol. The molecule has 1 aromatic heterocycles. The number of aromatic amines is 1. The Morgan fingerprint density at radius 3 is 2.20 bits per heavy atom. The van der Waals surface area contributed by atoms with Gasteiger partial charge in [0, 0.05) is 5.41 Å². The third-order valence-corrected chi connectivity index (χ3v) is 1.17. The average molecular weight is 135 g/mol. The third-order valence-electron chi connectivity index (χ3n) is 1.17. The van der Waals surface area contributed by atoms with Gasteiger partial charge in [-0.2, -0.15) is 5.10 Å². The zero-order chi connectivity index (χ0) is 7.78. The van der Waals surface area contributed by atoms with E-state index in [1.807, 2.05) is 20.8 Å². The van der Waals surface area contributed by atoms with Gasteiger partial charge in [0.2, 0.25) is 0 Å². The maximum absolute atomic E-state index is 5.35. The van der Waals surface area contributed by atoms with E-state index in [1.165, 1.54) is 0 Å². The molecule has 0 saturated heterocycles. The minimum Gasteiger partial charge on any atom is -0.274 e. The molecule has 0 aliphatic carbocycles. The second-order valence-corrected chi connectivity index (χ2v) is 3.29. The highest BCUT2D eigenvalue weighted by Crippen LogP contribution is 2.15. The normalized spacial score (nSPS) is 11.9. The van der Waals surface area contributed by atoms with Crippen molar-refractivity contribution >= 4 is 13.6 Å². The number of rotatable bonds is 0. The summed E-state index contributed by atoms with van der Waals surface area (Å²) in [7, 11) is 5.35. The lowest BCUT2D eigenvalue weighted by molar-refractivity contribution is 0.548. The zero-order valence-electron chi connectivity index (χ0n) is 6.47. The Balaban J connectivity index is 2.96. The van der Waals surface area contributed by atoms with Gasteiger partial charge < -0.3 is 0 Å². The van der Waals surface area contributed by atoms with E-state index in [9.17, 15) is 0 Å². The van der Waals surface area contributed by atoms with Gasteiger partial charge in [0.15, 0.2) is 13.7 Å². The van der Waals surface area contributed by atoms with Gasteiger partial charge >= 0.3 is 0 Å². The Morgan fingerprint density at radius 1 is 1.40 bits per heavy atom. The fourth-order valence-electron chi connectivity index (χ4n) is 0.610. The first kappa shape index (κ1) is 7.31. The standard InChI is InChI=1S/C6H10BN3/c1-6(2,3)4-8-5(7)10-9-4/h1-3H3,(H,8,9,10). The average Bonchev–Trinajstić information content (AvgIpc) is 2.11. The first-order valence-corrected chi connectivity index (χ1v) is 3.18. The lowest BCUT2D eigenvalue weighted by Crippen LogP contribution is -2.15. The molecule has 0 saturated carbocycles. The maximum atomic E-state index is 5.35. The molecule has 0 spiro atoms. The summed E-state index contributed by atoms with van der Waals surface area (Å²) >= 11 is 0. The molecule has 1 N–H and O–H groups in total. The van der Waals surface area contributed by atoms with E-state index in [-0.39, 0.29) is 5.41 Å². The van der Waals surface area contributed by atoms with Crippen LogP contribution in [-0.4, -0.2) is 23.0 Å². The van der Waals surface area contributed by atoms with Crippen LogP contribution in [-0.2, 0) is 5.41 Å². The van der Waals surface area contributed by atoms with E-state index in [2.05, 4.69) is 15.2 Å². The summed E-state index contributed by atoms with van der Waals surface area (Å²) in [6.45, 7) is 6.11. The molecule has 0 amide bonds. The molecule has 10 heavy (non-hydrogen) atoms. The molecule has 0 aromatic carbocycles. The highest BCUT2D eigenvalue weighted by molar-refractivity contribution is 6.28. The number of hydrogen-bond acceptors (Lipinski definition) is 2. The Labute approximate surface area is 61.7 Å². The van der Waals surface area contributed by atoms with Crippen molar-refractivity contribution in [1.82, 2.24) is 15.2 Å². The largest absolute Gasteiger partial charge is 0.274 e. The molecule has 2 radical (unpaired) electrons. The lowest BCUT2D eigenvalue weighted by atomic mass is 9.96. The number of nitrogens with zero attached hydrogens (tertiary/aromatic N) is 2. The van der Waals surface area contributed by atoms with Crippen molar-refractivity contribution in [2.45, 2.75) is 26.2 Å². The van der Waals surface area contributed by atoms with Crippen LogP contribution in [0.25, 0.3) is 0 Å². The smallest absolute Gasteiger partial charge is 0.169 e. The van der Waals surface area contributed by atoms with Crippen LogP contribution >= 0.6 is 0 Å². The molecular weight excluding hydrogens is 125 g/mol. The molecule has 1 heterocycles. The summed E-state index contributed by atoms with van der Waals surface area (Å²) < 4.78 is 0. The van der Waals surface area contributed by atoms with Crippen LogP contribution < -0.4 is 5.72 Å². The molecule has 52 valence electrons. The molecule has 0 unspecified atom stereocenters. The van der Waals surface area contributed by atoms with Crippen LogP contribution in [0.3, 0.4) is 0 Å². The minimum atomic E-state index is -0.0197. The summed E-state index contributed by atoms with van der Waals surface area (Å²) in [6.07, 6.45) is 0. The third kappa shape index (κ3) is 1.37. The first-order valence-electron chi connectivity index (χ1n) is 3.18. The Hall–Kier alpha value is -0.795. The van der Waals surface area contributed by atoms with Gasteiger partial charge in [-0.1, -0.05) is 20.8 Å². The molecule has 0 aliphatic heterocycles. The monoisotopic (exact) mass is 135 g/mol. The number of aromatic nitrogens is 3. The van der Waals surface area contributed by atoms with Crippen LogP contribution in [0.5, 0.6) is 0 Å². The van der Waals surface area contributed by atoms with Crippen molar-refractivity contribution in [1.29, 1.82) is 0 Å². The molecule has 0 aliphatic rings. The van der Waals surface area contributed by atoms with Gasteiger partial charge in [0.05, 0.1) is 5.72 Å². The summed E-state index contributed by atoms with van der Waals surface area (Å²) in [4.78, 5) is 3.99. The number of hydrogen-bond donors (Lipinski definition) is 1. The predicted octanol–water partition coefficient (Wildman–Crippen LogP) is -0.104. The zero-order valence-corrected chi connectivity index (χ0v) is 6.47. The minimum absolute atomic E-state index is 0.0197. The quantitative estimate of drug-likeness (QED) is 0.504. The molecule has 3 nitrogen and oxygen atoms in total. The van der Waals surface area contributed by atoms with Crippen molar-refractivity contribution in [3.8, 4) is 0 Å². The van der Waals surface area contributed by atoms with E-state index in [4.69, 9.17) is 7.85 Å². The van der Waals surface area contributed by atoms with E-state index < -0.39 is 0 Å². The lowest BCUT2D eigenvalue weighted by Gasteiger charge is -2.11. The number of H-pyrrole nitrogens is 1. The van der Waals surface area contributed by atoms with Crippen molar-refractivity contribution in [3.05, 3.63) is 5.82 Å². The van der Waals surface area contributed by atoms with Crippen molar-refractivity contribution in [2.24, 2.45) is 0 Å². The van der Waals surface area contributed by atoms with Crippen LogP contribution in [0.15, 0.2) is 0 Å². The van der Waals surface area contributed by atoms with Crippen LogP contribution in [0.2, 0.25) is 0 Å². The first-order chi connectivity index (χ1) is 4.50. The summed E-state index contributed by atoms with van der Waals surface area (Å²) in [5, 5.41) is 6.52. The van der Waals surface area contributed by atoms with Crippen molar-refractivity contribution in [3.63, 3.8) is 0 Å². The maximum Gasteiger partial charge on any atom is 0.169 e. The number of nitrogens with one attached hydrogen (secondary N) is 1. The molecule has 0 bridgehead atoms. The Morgan fingerprint density at radius 2 is 2.00 bits per heavy atom. The van der Waals surface area contributed by atoms with E-state index in [1.54, 1.807) is 0 Å². The summed E-state index contributed by atoms with van der Waals surface area (Å²) in [6, 6.07) is 0. The molecule has 1 aromatic rings. The summed E-state index contributed by atoms with van der Waals surface area (Å²) in [5.41, 5.74) is 0.360. The van der Waals surface area contributed by atoms with Crippen LogP contribution in [0, 0.1) is 0 Å². The molecule has 0 atom stereocenters. The van der Waals surface area contributed by atoms with Crippen LogP contribution in [0.4, 0.5) is 0 Å². The van der Waals surface area contributed by atoms with Gasteiger partial charge in [-0.3, -0.25) is 5.10 Å². The summed E-state index contributed by atoms with van der Waals surface area (Å²) in [5.74, 6) is 0.755. The fraction of sp³-hybridized carbons (Fsp3) is 0.667. The van der Waals surface area contributed by atoms with Gasteiger partial charge in [0.25, 0.3) is 0 Å². The van der Waals surface area contributed by atoms with Gasteiger partial charge in [-0.05, 0) is 0 Å². The van der Waals surface area contributed by atoms with Gasteiger partial charge in [-0.25, -0.2) is 4.98 Å². The highest BCUT2D eigenvalue weighted by atomic mass is 15.2. The topological polar surface area (TPSA) is 41.6 Å². The molecular formula is C6H10BN3. The Bertz CT molecular complexity index is 223. The van der Waals surface area contributed by atoms with Crippen molar-refractivity contribution in [2.75, 3.05) is 0 Å². The second kappa shape index (κ2) is 2.11. The fourth-order valence-corrected chi connectivity index (χ4v) is 0.610. The highest BCUT2D eigenvalue weighted by Gasteiger charge is 2.17. The van der Waals surface area contributed by atoms with E-state index in [0.717, 1.165) is 5.82 Å².